The molecule has 5 rings (SSSR count). The molecule has 9 nitrogen and oxygen atoms in total. The van der Waals surface area contributed by atoms with E-state index in [-0.39, 0.29) is 43.2 Å². The number of hydrogen-bond donors (Lipinski definition) is 1. The minimum atomic E-state index is -0.496. The molecule has 1 N–H and O–H groups in total. The average molecular weight is 468 g/mol. The van der Waals surface area contributed by atoms with Gasteiger partial charge in [0.05, 0.1) is 30.8 Å². The summed E-state index contributed by atoms with van der Waals surface area (Å²) in [5.74, 6) is 0.549. The van der Waals surface area contributed by atoms with Crippen LogP contribution >= 0.6 is 0 Å². The fourth-order valence-corrected chi connectivity index (χ4v) is 4.64. The standard InChI is InChI=1S/C24H25FN4O5/c1-2-28-22(31)9-14-3-4-18(25)17(23(14)28)11-26-8-7-16-12-29(24(32)34-16)21-6-5-20-19(27-21)10-15(30)13-33-20/h3-6,16,26H,2,7-13H2,1H3. The van der Waals surface area contributed by atoms with E-state index in [9.17, 15) is 18.8 Å². The van der Waals surface area contributed by atoms with E-state index in [4.69, 9.17) is 9.47 Å². The number of benzene rings is 1. The molecular weight excluding hydrogens is 443 g/mol. The zero-order valence-corrected chi connectivity index (χ0v) is 18.8. The summed E-state index contributed by atoms with van der Waals surface area (Å²) in [6.45, 7) is 3.49. The van der Waals surface area contributed by atoms with Gasteiger partial charge in [-0.25, -0.2) is 14.2 Å². The van der Waals surface area contributed by atoms with Crippen LogP contribution in [0.4, 0.5) is 20.7 Å². The molecule has 34 heavy (non-hydrogen) atoms. The molecule has 1 saturated heterocycles. The topological polar surface area (TPSA) is 101 Å². The van der Waals surface area contributed by atoms with E-state index in [0.717, 1.165) is 5.56 Å². The van der Waals surface area contributed by atoms with Crippen LogP contribution in [0, 0.1) is 5.82 Å². The fourth-order valence-electron chi connectivity index (χ4n) is 4.64. The largest absolute Gasteiger partial charge is 0.484 e. The quantitative estimate of drug-likeness (QED) is 0.622. The first kappa shape index (κ1) is 22.3. The van der Waals surface area contributed by atoms with Crippen LogP contribution in [0.15, 0.2) is 24.3 Å². The number of carbonyl (C=O) groups is 3. The maximum atomic E-state index is 14.6. The molecule has 2 amide bonds. The van der Waals surface area contributed by atoms with Crippen LogP contribution in [-0.2, 0) is 33.7 Å². The first-order valence-electron chi connectivity index (χ1n) is 11.4. The number of ether oxygens (including phenoxy) is 2. The van der Waals surface area contributed by atoms with Crippen molar-refractivity contribution in [3.05, 3.63) is 46.9 Å². The van der Waals surface area contributed by atoms with Crippen LogP contribution in [0.5, 0.6) is 5.75 Å². The predicted molar refractivity (Wildman–Crippen MR) is 121 cm³/mol. The van der Waals surface area contributed by atoms with Crippen LogP contribution in [0.2, 0.25) is 0 Å². The van der Waals surface area contributed by atoms with Crippen LogP contribution < -0.4 is 19.9 Å². The normalized spacial score (nSPS) is 19.2. The molecule has 2 aromatic rings. The van der Waals surface area contributed by atoms with Crippen molar-refractivity contribution in [3.63, 3.8) is 0 Å². The Morgan fingerprint density at radius 3 is 2.85 bits per heavy atom. The molecule has 4 heterocycles. The van der Waals surface area contributed by atoms with E-state index in [0.29, 0.717) is 61.0 Å². The minimum Gasteiger partial charge on any atom is -0.484 e. The number of halogens is 1. The van der Waals surface area contributed by atoms with Gasteiger partial charge in [-0.3, -0.25) is 14.5 Å². The van der Waals surface area contributed by atoms with Gasteiger partial charge in [0, 0.05) is 18.7 Å². The highest BCUT2D eigenvalue weighted by atomic mass is 19.1. The van der Waals surface area contributed by atoms with Crippen molar-refractivity contribution in [2.24, 2.45) is 0 Å². The number of anilines is 2. The number of fused-ring (bicyclic) bond motifs is 2. The molecule has 1 aromatic heterocycles. The number of nitrogens with zero attached hydrogens (tertiary/aromatic N) is 3. The van der Waals surface area contributed by atoms with Gasteiger partial charge in [-0.1, -0.05) is 6.07 Å². The maximum absolute atomic E-state index is 14.6. The van der Waals surface area contributed by atoms with E-state index < -0.39 is 6.09 Å². The summed E-state index contributed by atoms with van der Waals surface area (Å²) >= 11 is 0. The first-order chi connectivity index (χ1) is 16.4. The lowest BCUT2D eigenvalue weighted by Crippen LogP contribution is -2.29. The van der Waals surface area contributed by atoms with E-state index >= 15 is 0 Å². The van der Waals surface area contributed by atoms with Gasteiger partial charge in [0.2, 0.25) is 5.91 Å². The molecule has 1 fully saturated rings. The van der Waals surface area contributed by atoms with E-state index in [1.165, 1.54) is 11.0 Å². The summed E-state index contributed by atoms with van der Waals surface area (Å²) in [6, 6.07) is 6.47. The third-order valence-corrected chi connectivity index (χ3v) is 6.30. The van der Waals surface area contributed by atoms with Gasteiger partial charge < -0.3 is 19.7 Å². The molecule has 3 aliphatic rings. The molecular formula is C24H25FN4O5. The summed E-state index contributed by atoms with van der Waals surface area (Å²) in [6.07, 6.45) is 0.156. The second-order valence-electron chi connectivity index (χ2n) is 8.55. The Hall–Kier alpha value is -3.53. The molecule has 3 aliphatic heterocycles. The lowest BCUT2D eigenvalue weighted by atomic mass is 10.1. The zero-order valence-electron chi connectivity index (χ0n) is 18.8. The van der Waals surface area contributed by atoms with Crippen molar-refractivity contribution < 1.29 is 28.2 Å². The number of amides is 2. The van der Waals surface area contributed by atoms with Crippen molar-refractivity contribution in [2.45, 2.75) is 38.8 Å². The smallest absolute Gasteiger partial charge is 0.415 e. The lowest BCUT2D eigenvalue weighted by Gasteiger charge is -2.20. The van der Waals surface area contributed by atoms with Crippen molar-refractivity contribution in [3.8, 4) is 5.75 Å². The molecule has 0 bridgehead atoms. The molecule has 0 saturated carbocycles. The number of ketones is 1. The number of aromatic nitrogens is 1. The number of Topliss-reactive ketones (excluding diaryl/α,β-unsaturated/α-hetero) is 1. The van der Waals surface area contributed by atoms with E-state index in [2.05, 4.69) is 10.3 Å². The first-order valence-corrected chi connectivity index (χ1v) is 11.4. The summed E-state index contributed by atoms with van der Waals surface area (Å²) in [7, 11) is 0. The monoisotopic (exact) mass is 468 g/mol. The van der Waals surface area contributed by atoms with Crippen molar-refractivity contribution >= 4 is 29.3 Å². The van der Waals surface area contributed by atoms with Crippen LogP contribution in [0.1, 0.15) is 30.2 Å². The minimum absolute atomic E-state index is 0.0194. The molecule has 0 radical (unpaired) electrons. The molecule has 0 spiro atoms. The Labute approximate surface area is 195 Å². The highest BCUT2D eigenvalue weighted by molar-refractivity contribution is 6.02. The lowest BCUT2D eigenvalue weighted by molar-refractivity contribution is -0.121. The summed E-state index contributed by atoms with van der Waals surface area (Å²) in [5, 5.41) is 3.22. The van der Waals surface area contributed by atoms with Gasteiger partial charge in [-0.2, -0.15) is 0 Å². The predicted octanol–water partition coefficient (Wildman–Crippen LogP) is 2.14. The van der Waals surface area contributed by atoms with Crippen LogP contribution in [0.25, 0.3) is 0 Å². The maximum Gasteiger partial charge on any atom is 0.415 e. The van der Waals surface area contributed by atoms with E-state index in [1.54, 1.807) is 23.1 Å². The zero-order chi connectivity index (χ0) is 23.8. The molecule has 10 heteroatoms. The van der Waals surface area contributed by atoms with Crippen LogP contribution in [0.3, 0.4) is 0 Å². The summed E-state index contributed by atoms with van der Waals surface area (Å²) < 4.78 is 25.4. The van der Waals surface area contributed by atoms with Gasteiger partial charge in [-0.05, 0) is 43.7 Å². The second kappa shape index (κ2) is 9.02. The Morgan fingerprint density at radius 1 is 1.18 bits per heavy atom. The SMILES string of the molecule is CCN1C(=O)Cc2ccc(F)c(CNCCC3CN(c4ccc5c(n4)CC(=O)CO5)C(=O)O3)c21. The fraction of sp³-hybridized carbons (Fsp3) is 0.417. The van der Waals surface area contributed by atoms with Crippen molar-refractivity contribution in [2.75, 3.05) is 36.0 Å². The van der Waals surface area contributed by atoms with Gasteiger partial charge in [0.15, 0.2) is 5.78 Å². The number of cyclic esters (lactones) is 1. The number of hydrogen-bond acceptors (Lipinski definition) is 7. The third kappa shape index (κ3) is 4.09. The van der Waals surface area contributed by atoms with Crippen molar-refractivity contribution in [1.29, 1.82) is 0 Å². The number of pyridine rings is 1. The van der Waals surface area contributed by atoms with Gasteiger partial charge >= 0.3 is 6.09 Å². The number of nitrogens with one attached hydrogen (secondary N) is 1. The Morgan fingerprint density at radius 2 is 2.03 bits per heavy atom. The Bertz CT molecular complexity index is 1170. The van der Waals surface area contributed by atoms with Crippen molar-refractivity contribution in [1.82, 2.24) is 10.3 Å². The van der Waals surface area contributed by atoms with Crippen LogP contribution in [-0.4, -0.2) is 55.1 Å². The third-order valence-electron chi connectivity index (χ3n) is 6.30. The highest BCUT2D eigenvalue weighted by Crippen LogP contribution is 2.34. The van der Waals surface area contributed by atoms with Gasteiger partial charge in [0.25, 0.3) is 0 Å². The molecule has 1 unspecified atom stereocenters. The molecule has 1 aromatic carbocycles. The average Bonchev–Trinajstić information content (AvgIpc) is 3.35. The number of likely N-dealkylation sites (N-methyl/N-ethyl adjacent to an activating group) is 1. The molecule has 178 valence electrons. The van der Waals surface area contributed by atoms with Gasteiger partial charge in [0.1, 0.15) is 30.1 Å². The summed E-state index contributed by atoms with van der Waals surface area (Å²) in [5.41, 5.74) is 2.50. The Kier molecular flexibility index (Phi) is 5.91. The molecule has 0 aliphatic carbocycles. The Balaban J connectivity index is 1.18. The van der Waals surface area contributed by atoms with E-state index in [1.807, 2.05) is 6.92 Å². The second-order valence-corrected chi connectivity index (χ2v) is 8.55. The number of carbonyl (C=O) groups excluding carboxylic acids is 3. The van der Waals surface area contributed by atoms with Gasteiger partial charge in [-0.15, -0.1) is 0 Å². The molecule has 1 atom stereocenters. The summed E-state index contributed by atoms with van der Waals surface area (Å²) in [4.78, 5) is 43.7. The highest BCUT2D eigenvalue weighted by Gasteiger charge is 2.34. The number of rotatable bonds is 7.